The molecule has 5 nitrogen and oxygen atoms in total. The topological polar surface area (TPSA) is 73.4 Å². The average molecular weight is 238 g/mol. The molecule has 1 rings (SSSR count). The summed E-state index contributed by atoms with van der Waals surface area (Å²) in [6, 6.07) is -0.567. The van der Waals surface area contributed by atoms with Crippen LogP contribution in [0.15, 0.2) is 11.4 Å². The number of nitrogen functional groups attached to an aromatic ring is 1. The molecule has 0 bridgehead atoms. The third-order valence-corrected chi connectivity index (χ3v) is 1.42. The number of anilines is 1. The van der Waals surface area contributed by atoms with E-state index >= 15 is 0 Å². The van der Waals surface area contributed by atoms with Crippen molar-refractivity contribution in [3.8, 4) is 6.01 Å². The van der Waals surface area contributed by atoms with Gasteiger partial charge in [0.2, 0.25) is 0 Å². The number of nitrogens with two attached hydrogens (primary N) is 1. The number of rotatable bonds is 2. The van der Waals surface area contributed by atoms with Crippen LogP contribution >= 0.6 is 0 Å². The molecule has 0 aliphatic carbocycles. The van der Waals surface area contributed by atoms with Crippen LogP contribution in [-0.2, 0) is 0 Å². The summed E-state index contributed by atoms with van der Waals surface area (Å²) >= 11 is 0. The molecule has 0 aliphatic rings. The molecule has 1 aromatic rings. The summed E-state index contributed by atoms with van der Waals surface area (Å²) in [6.45, 7) is 0.701. The van der Waals surface area contributed by atoms with Gasteiger partial charge in [-0.1, -0.05) is 5.16 Å². The summed E-state index contributed by atoms with van der Waals surface area (Å²) < 4.78 is 48.4. The van der Waals surface area contributed by atoms with E-state index in [2.05, 4.69) is 20.0 Å². The van der Waals surface area contributed by atoms with Crippen LogP contribution in [0.5, 0.6) is 6.01 Å². The Morgan fingerprint density at radius 3 is 2.62 bits per heavy atom. The van der Waals surface area contributed by atoms with Crippen LogP contribution in [0, 0.1) is 5.82 Å². The van der Waals surface area contributed by atoms with Crippen LogP contribution in [0.25, 0.3) is 0 Å². The van der Waals surface area contributed by atoms with Gasteiger partial charge in [0.25, 0.3) is 0 Å². The van der Waals surface area contributed by atoms with E-state index in [4.69, 9.17) is 5.73 Å². The number of oxime groups is 1. The molecule has 9 heteroatoms. The van der Waals surface area contributed by atoms with E-state index in [0.29, 0.717) is 13.1 Å². The Labute approximate surface area is 86.9 Å². The Morgan fingerprint density at radius 2 is 2.12 bits per heavy atom. The zero-order valence-corrected chi connectivity index (χ0v) is 7.92. The molecule has 88 valence electrons. The lowest BCUT2D eigenvalue weighted by Gasteiger charge is -2.04. The fourth-order valence-corrected chi connectivity index (χ4v) is 0.568. The van der Waals surface area contributed by atoms with Gasteiger partial charge in [0.1, 0.15) is 0 Å². The zero-order chi connectivity index (χ0) is 12.3. The molecule has 0 spiro atoms. The fourth-order valence-electron chi connectivity index (χ4n) is 0.568. The molecule has 0 saturated carbocycles. The van der Waals surface area contributed by atoms with E-state index in [1.54, 1.807) is 0 Å². The van der Waals surface area contributed by atoms with Gasteiger partial charge in [-0.25, -0.2) is 4.39 Å². The van der Waals surface area contributed by atoms with Crippen molar-refractivity contribution in [1.82, 2.24) is 9.97 Å². The molecule has 0 saturated heterocycles. The lowest BCUT2D eigenvalue weighted by atomic mass is 10.4. The molecule has 1 heterocycles. The lowest BCUT2D eigenvalue weighted by Crippen LogP contribution is -2.20. The number of hydrogen-bond donors (Lipinski definition) is 1. The van der Waals surface area contributed by atoms with Gasteiger partial charge in [0.15, 0.2) is 17.3 Å². The van der Waals surface area contributed by atoms with Crippen molar-refractivity contribution in [3.63, 3.8) is 0 Å². The maximum Gasteiger partial charge on any atom is 0.432 e. The first-order valence-electron chi connectivity index (χ1n) is 3.87. The van der Waals surface area contributed by atoms with Crippen LogP contribution in [0.3, 0.4) is 0 Å². The van der Waals surface area contributed by atoms with E-state index in [1.165, 1.54) is 0 Å². The van der Waals surface area contributed by atoms with Gasteiger partial charge >= 0.3 is 12.2 Å². The summed E-state index contributed by atoms with van der Waals surface area (Å²) in [7, 11) is 0. The van der Waals surface area contributed by atoms with Gasteiger partial charge in [-0.05, 0) is 6.92 Å². The van der Waals surface area contributed by atoms with Crippen molar-refractivity contribution >= 4 is 11.5 Å². The maximum absolute atomic E-state index is 12.6. The molecule has 0 unspecified atom stereocenters. The van der Waals surface area contributed by atoms with Crippen LogP contribution < -0.4 is 10.6 Å². The monoisotopic (exact) mass is 238 g/mol. The smallest absolute Gasteiger partial charge is 0.381 e. The number of aromatic nitrogens is 2. The van der Waals surface area contributed by atoms with E-state index in [1.807, 2.05) is 0 Å². The Bertz CT molecular complexity index is 417. The Kier molecular flexibility index (Phi) is 3.25. The summed E-state index contributed by atoms with van der Waals surface area (Å²) in [6.07, 6.45) is -3.94. The molecule has 0 aliphatic heterocycles. The SMILES string of the molecule is CC(=NOc1ncc(F)c(N)n1)C(F)(F)F. The molecule has 0 fully saturated rings. The second kappa shape index (κ2) is 4.29. The summed E-state index contributed by atoms with van der Waals surface area (Å²) in [5.41, 5.74) is 3.81. The molecule has 0 amide bonds. The van der Waals surface area contributed by atoms with Gasteiger partial charge in [0, 0.05) is 0 Å². The summed E-state index contributed by atoms with van der Waals surface area (Å²) in [5.74, 6) is -1.44. The number of halogens is 4. The van der Waals surface area contributed by atoms with Gasteiger partial charge in [0.05, 0.1) is 6.20 Å². The molecule has 0 aromatic carbocycles. The quantitative estimate of drug-likeness (QED) is 0.481. The number of hydrogen-bond acceptors (Lipinski definition) is 5. The first kappa shape index (κ1) is 12.1. The first-order chi connectivity index (χ1) is 7.30. The van der Waals surface area contributed by atoms with Gasteiger partial charge < -0.3 is 10.6 Å². The van der Waals surface area contributed by atoms with E-state index < -0.39 is 29.5 Å². The van der Waals surface area contributed by atoms with E-state index in [9.17, 15) is 17.6 Å². The Morgan fingerprint density at radius 1 is 1.50 bits per heavy atom. The third kappa shape index (κ3) is 3.04. The molecule has 2 N–H and O–H groups in total. The highest BCUT2D eigenvalue weighted by Gasteiger charge is 2.33. The third-order valence-electron chi connectivity index (χ3n) is 1.42. The van der Waals surface area contributed by atoms with Crippen molar-refractivity contribution in [3.05, 3.63) is 12.0 Å². The highest BCUT2D eigenvalue weighted by molar-refractivity contribution is 5.86. The van der Waals surface area contributed by atoms with Crippen LogP contribution in [0.2, 0.25) is 0 Å². The molecule has 16 heavy (non-hydrogen) atoms. The minimum Gasteiger partial charge on any atom is -0.381 e. The predicted octanol–water partition coefficient (Wildman–Crippen LogP) is 1.51. The molecular weight excluding hydrogens is 232 g/mol. The molecule has 0 radical (unpaired) electrons. The summed E-state index contributed by atoms with van der Waals surface area (Å²) in [5, 5.41) is 2.73. The largest absolute Gasteiger partial charge is 0.432 e. The van der Waals surface area contributed by atoms with E-state index in [0.717, 1.165) is 0 Å². The van der Waals surface area contributed by atoms with Crippen LogP contribution in [-0.4, -0.2) is 21.9 Å². The second-order valence-corrected chi connectivity index (χ2v) is 2.65. The Balaban J connectivity index is 2.79. The predicted molar refractivity (Wildman–Crippen MR) is 46.2 cm³/mol. The standard InChI is InChI=1S/C7H6F4N4O/c1-3(7(9,10)11)15-16-6-13-2-4(8)5(12)14-6/h2H,1H3,(H2,12,13,14). The molecule has 1 aromatic heterocycles. The van der Waals surface area contributed by atoms with Crippen molar-refractivity contribution in [2.75, 3.05) is 5.73 Å². The van der Waals surface area contributed by atoms with Gasteiger partial charge in [-0.3, -0.25) is 0 Å². The highest BCUT2D eigenvalue weighted by Crippen LogP contribution is 2.17. The van der Waals surface area contributed by atoms with Gasteiger partial charge in [-0.15, -0.1) is 0 Å². The fraction of sp³-hybridized carbons (Fsp3) is 0.286. The van der Waals surface area contributed by atoms with Crippen LogP contribution in [0.1, 0.15) is 6.92 Å². The average Bonchev–Trinajstić information content (AvgIpc) is 2.18. The normalized spacial score (nSPS) is 12.7. The zero-order valence-electron chi connectivity index (χ0n) is 7.92. The Hall–Kier alpha value is -1.93. The van der Waals surface area contributed by atoms with Crippen molar-refractivity contribution in [2.24, 2.45) is 5.16 Å². The highest BCUT2D eigenvalue weighted by atomic mass is 19.4. The minimum atomic E-state index is -4.61. The van der Waals surface area contributed by atoms with Crippen molar-refractivity contribution in [1.29, 1.82) is 0 Å². The maximum atomic E-state index is 12.6. The van der Waals surface area contributed by atoms with Crippen LogP contribution in [0.4, 0.5) is 23.4 Å². The molecular formula is C7H6F4N4O. The van der Waals surface area contributed by atoms with Crippen molar-refractivity contribution in [2.45, 2.75) is 13.1 Å². The minimum absolute atomic E-state index is 0.537. The second-order valence-electron chi connectivity index (χ2n) is 2.65. The van der Waals surface area contributed by atoms with Gasteiger partial charge in [-0.2, -0.15) is 23.1 Å². The molecule has 0 atom stereocenters. The number of alkyl halides is 3. The summed E-state index contributed by atoms with van der Waals surface area (Å²) in [4.78, 5) is 10.7. The van der Waals surface area contributed by atoms with E-state index in [-0.39, 0.29) is 0 Å². The lowest BCUT2D eigenvalue weighted by molar-refractivity contribution is -0.0610. The number of nitrogens with zero attached hydrogens (tertiary/aromatic N) is 3. The first-order valence-corrected chi connectivity index (χ1v) is 3.87. The van der Waals surface area contributed by atoms with Crippen molar-refractivity contribution < 1.29 is 22.4 Å².